The van der Waals surface area contributed by atoms with Crippen LogP contribution < -0.4 is 14.8 Å². The maximum atomic E-state index is 13.7. The highest BCUT2D eigenvalue weighted by Gasteiger charge is 2.23. The van der Waals surface area contributed by atoms with Gasteiger partial charge in [-0.3, -0.25) is 9.52 Å². The van der Waals surface area contributed by atoms with Crippen molar-refractivity contribution < 1.29 is 32.2 Å². The first kappa shape index (κ1) is 23.0. The van der Waals surface area contributed by atoms with E-state index < -0.39 is 43.2 Å². The summed E-state index contributed by atoms with van der Waals surface area (Å²) in [6, 6.07) is 13.5. The van der Waals surface area contributed by atoms with Crippen LogP contribution in [0.5, 0.6) is 5.75 Å². The van der Waals surface area contributed by atoms with Gasteiger partial charge in [0.25, 0.3) is 15.9 Å². The van der Waals surface area contributed by atoms with E-state index in [2.05, 4.69) is 10.0 Å². The lowest BCUT2D eigenvalue weighted by molar-refractivity contribution is 0.0691. The van der Waals surface area contributed by atoms with E-state index in [4.69, 9.17) is 21.4 Å². The number of anilines is 2. The number of aromatic carboxylic acids is 1. The first-order valence-corrected chi connectivity index (χ1v) is 10.8. The summed E-state index contributed by atoms with van der Waals surface area (Å²) in [6.45, 7) is 0. The van der Waals surface area contributed by atoms with Gasteiger partial charge in [0.1, 0.15) is 16.5 Å². The second kappa shape index (κ2) is 9.25. The summed E-state index contributed by atoms with van der Waals surface area (Å²) in [5.74, 6) is -2.77. The van der Waals surface area contributed by atoms with Crippen LogP contribution in [-0.4, -0.2) is 32.5 Å². The molecule has 166 valence electrons. The van der Waals surface area contributed by atoms with Gasteiger partial charge in [0, 0.05) is 11.3 Å². The Morgan fingerprint density at radius 3 is 2.34 bits per heavy atom. The van der Waals surface area contributed by atoms with Gasteiger partial charge in [0.05, 0.1) is 23.4 Å². The Balaban J connectivity index is 1.80. The topological polar surface area (TPSA) is 122 Å². The average molecular weight is 479 g/mol. The van der Waals surface area contributed by atoms with Crippen LogP contribution in [0.3, 0.4) is 0 Å². The van der Waals surface area contributed by atoms with Crippen molar-refractivity contribution in [3.05, 3.63) is 82.6 Å². The fourth-order valence-corrected chi connectivity index (χ4v) is 4.34. The van der Waals surface area contributed by atoms with Crippen LogP contribution in [0.2, 0.25) is 5.02 Å². The maximum absolute atomic E-state index is 13.7. The third kappa shape index (κ3) is 4.98. The molecule has 11 heteroatoms. The Morgan fingerprint density at radius 1 is 1.06 bits per heavy atom. The number of carboxylic acid groups (broad SMARTS) is 1. The largest absolute Gasteiger partial charge is 0.495 e. The second-order valence-corrected chi connectivity index (χ2v) is 8.46. The number of carbonyl (C=O) groups excluding carboxylic acids is 1. The molecule has 3 rings (SSSR count). The average Bonchev–Trinajstić information content (AvgIpc) is 2.73. The first-order valence-electron chi connectivity index (χ1n) is 8.92. The van der Waals surface area contributed by atoms with Crippen LogP contribution in [0, 0.1) is 5.82 Å². The summed E-state index contributed by atoms with van der Waals surface area (Å²) in [5, 5.41) is 11.2. The molecular formula is C21H16ClFN2O6S. The summed E-state index contributed by atoms with van der Waals surface area (Å²) >= 11 is 5.81. The highest BCUT2D eigenvalue weighted by atomic mass is 35.5. The lowest BCUT2D eigenvalue weighted by Gasteiger charge is -2.12. The quantitative estimate of drug-likeness (QED) is 0.467. The van der Waals surface area contributed by atoms with Crippen molar-refractivity contribution in [2.75, 3.05) is 17.1 Å². The number of carboxylic acids is 1. The molecule has 0 aromatic heterocycles. The minimum atomic E-state index is -4.34. The number of nitrogens with one attached hydrogen (secondary N) is 2. The standard InChI is InChI=1S/C21H16ClFN2O6S/c1-31-18-5-3-2-4-17(18)24-20(26)12-6-8-13(9-7-12)25-32(29,30)19-10-14(21(27)28)16(23)11-15(19)22/h2-11,25H,1H3,(H,24,26)(H,27,28). The van der Waals surface area contributed by atoms with Gasteiger partial charge in [-0.15, -0.1) is 0 Å². The number of rotatable bonds is 7. The van der Waals surface area contributed by atoms with Crippen molar-refractivity contribution in [1.82, 2.24) is 0 Å². The van der Waals surface area contributed by atoms with Crippen LogP contribution in [-0.2, 0) is 10.0 Å². The Labute approximate surface area is 187 Å². The van der Waals surface area contributed by atoms with E-state index in [1.807, 2.05) is 0 Å². The van der Waals surface area contributed by atoms with Gasteiger partial charge in [0.2, 0.25) is 0 Å². The maximum Gasteiger partial charge on any atom is 0.338 e. The normalized spacial score (nSPS) is 11.0. The molecule has 0 aliphatic carbocycles. The van der Waals surface area contributed by atoms with Gasteiger partial charge in [-0.25, -0.2) is 17.6 Å². The number of hydrogen-bond acceptors (Lipinski definition) is 5. The van der Waals surface area contributed by atoms with E-state index in [-0.39, 0.29) is 11.3 Å². The molecule has 3 aromatic carbocycles. The number of para-hydroxylation sites is 2. The molecule has 0 atom stereocenters. The highest BCUT2D eigenvalue weighted by Crippen LogP contribution is 2.28. The molecule has 0 saturated carbocycles. The third-order valence-electron chi connectivity index (χ3n) is 4.30. The van der Waals surface area contributed by atoms with Gasteiger partial charge in [-0.05, 0) is 48.5 Å². The summed E-state index contributed by atoms with van der Waals surface area (Å²) in [5.41, 5.74) is -0.0500. The van der Waals surface area contributed by atoms with Crippen molar-refractivity contribution >= 4 is 44.9 Å². The van der Waals surface area contributed by atoms with Crippen molar-refractivity contribution in [2.45, 2.75) is 4.90 Å². The van der Waals surface area contributed by atoms with E-state index >= 15 is 0 Å². The highest BCUT2D eigenvalue weighted by molar-refractivity contribution is 7.92. The SMILES string of the molecule is COc1ccccc1NC(=O)c1ccc(NS(=O)(=O)c2cc(C(=O)O)c(F)cc2Cl)cc1. The number of hydrogen-bond donors (Lipinski definition) is 3. The Bertz CT molecular complexity index is 1300. The Kier molecular flexibility index (Phi) is 6.66. The summed E-state index contributed by atoms with van der Waals surface area (Å²) in [4.78, 5) is 23.0. The minimum Gasteiger partial charge on any atom is -0.495 e. The molecule has 32 heavy (non-hydrogen) atoms. The molecule has 8 nitrogen and oxygen atoms in total. The predicted molar refractivity (Wildman–Crippen MR) is 117 cm³/mol. The third-order valence-corrected chi connectivity index (χ3v) is 6.14. The van der Waals surface area contributed by atoms with Crippen LogP contribution in [0.1, 0.15) is 20.7 Å². The zero-order chi connectivity index (χ0) is 23.5. The fourth-order valence-electron chi connectivity index (χ4n) is 2.74. The van der Waals surface area contributed by atoms with E-state index in [9.17, 15) is 22.4 Å². The lowest BCUT2D eigenvalue weighted by Crippen LogP contribution is -2.16. The molecule has 1 amide bonds. The molecule has 0 unspecified atom stereocenters. The number of halogens is 2. The molecule has 0 aliphatic heterocycles. The molecule has 3 aromatic rings. The monoisotopic (exact) mass is 478 g/mol. The van der Waals surface area contributed by atoms with Crippen LogP contribution in [0.4, 0.5) is 15.8 Å². The summed E-state index contributed by atoms with van der Waals surface area (Å²) in [6.07, 6.45) is 0. The van der Waals surface area contributed by atoms with Gasteiger partial charge in [-0.2, -0.15) is 0 Å². The number of methoxy groups -OCH3 is 1. The zero-order valence-electron chi connectivity index (χ0n) is 16.4. The van der Waals surface area contributed by atoms with Gasteiger partial charge >= 0.3 is 5.97 Å². The number of amides is 1. The Morgan fingerprint density at radius 2 is 1.72 bits per heavy atom. The second-order valence-electron chi connectivity index (χ2n) is 6.40. The molecule has 0 spiro atoms. The molecule has 0 radical (unpaired) electrons. The van der Waals surface area contributed by atoms with Crippen molar-refractivity contribution in [1.29, 1.82) is 0 Å². The number of benzene rings is 3. The smallest absolute Gasteiger partial charge is 0.338 e. The molecule has 0 aliphatic rings. The van der Waals surface area contributed by atoms with Gasteiger partial charge in [-0.1, -0.05) is 23.7 Å². The fraction of sp³-hybridized carbons (Fsp3) is 0.0476. The van der Waals surface area contributed by atoms with Gasteiger partial charge < -0.3 is 15.2 Å². The van der Waals surface area contributed by atoms with E-state index in [1.165, 1.54) is 31.4 Å². The Hall–Kier alpha value is -3.63. The number of ether oxygens (including phenoxy) is 1. The number of sulfonamides is 1. The zero-order valence-corrected chi connectivity index (χ0v) is 18.0. The molecular weight excluding hydrogens is 463 g/mol. The summed E-state index contributed by atoms with van der Waals surface area (Å²) in [7, 11) is -2.87. The molecule has 3 N–H and O–H groups in total. The summed E-state index contributed by atoms with van der Waals surface area (Å²) < 4.78 is 46.4. The van der Waals surface area contributed by atoms with Crippen LogP contribution in [0.25, 0.3) is 0 Å². The first-order chi connectivity index (χ1) is 15.1. The molecule has 0 saturated heterocycles. The van der Waals surface area contributed by atoms with E-state index in [0.717, 1.165) is 0 Å². The lowest BCUT2D eigenvalue weighted by atomic mass is 10.2. The van der Waals surface area contributed by atoms with Gasteiger partial charge in [0.15, 0.2) is 0 Å². The number of carbonyl (C=O) groups is 2. The van der Waals surface area contributed by atoms with E-state index in [1.54, 1.807) is 24.3 Å². The minimum absolute atomic E-state index is 0.0797. The molecule has 0 bridgehead atoms. The molecule has 0 heterocycles. The van der Waals surface area contributed by atoms with Crippen LogP contribution >= 0.6 is 11.6 Å². The molecule has 0 fully saturated rings. The predicted octanol–water partition coefficient (Wildman–Crippen LogP) is 4.24. The van der Waals surface area contributed by atoms with Crippen molar-refractivity contribution in [3.63, 3.8) is 0 Å². The van der Waals surface area contributed by atoms with Crippen molar-refractivity contribution in [2.24, 2.45) is 0 Å². The van der Waals surface area contributed by atoms with Crippen LogP contribution in [0.15, 0.2) is 65.6 Å². The van der Waals surface area contributed by atoms with Crippen molar-refractivity contribution in [3.8, 4) is 5.75 Å². The van der Waals surface area contributed by atoms with E-state index in [0.29, 0.717) is 23.6 Å².